The number of fused-ring (bicyclic) bond motifs is 5. The maximum Gasteiger partial charge on any atom is 0.160 e. The first-order chi connectivity index (χ1) is 25.8. The molecule has 4 heteroatoms. The number of benzene rings is 7. The van der Waals surface area contributed by atoms with Gasteiger partial charge in [0.25, 0.3) is 0 Å². The van der Waals surface area contributed by atoms with E-state index in [0.29, 0.717) is 5.82 Å². The Morgan fingerprint density at radius 3 is 1.60 bits per heavy atom. The fourth-order valence-electron chi connectivity index (χ4n) is 7.27. The maximum atomic E-state index is 5.32. The molecule has 4 nitrogen and oxygen atoms in total. The molecule has 0 radical (unpaired) electrons. The molecule has 52 heavy (non-hydrogen) atoms. The summed E-state index contributed by atoms with van der Waals surface area (Å²) in [6.07, 6.45) is 0. The van der Waals surface area contributed by atoms with Gasteiger partial charge in [0.15, 0.2) is 5.82 Å². The molecule has 0 bridgehead atoms. The van der Waals surface area contributed by atoms with Crippen LogP contribution in [-0.4, -0.2) is 19.9 Å². The predicted octanol–water partition coefficient (Wildman–Crippen LogP) is 12.2. The van der Waals surface area contributed by atoms with Crippen LogP contribution in [0.2, 0.25) is 0 Å². The largest absolute Gasteiger partial charge is 0.245 e. The first-order valence-electron chi connectivity index (χ1n) is 17.5. The monoisotopic (exact) mass is 662 g/mol. The van der Waals surface area contributed by atoms with Gasteiger partial charge in [0.1, 0.15) is 0 Å². The summed E-state index contributed by atoms with van der Waals surface area (Å²) in [6, 6.07) is 63.2. The lowest BCUT2D eigenvalue weighted by atomic mass is 9.94. The second-order valence-electron chi connectivity index (χ2n) is 13.0. The van der Waals surface area contributed by atoms with Crippen molar-refractivity contribution < 1.29 is 0 Å². The molecule has 0 amide bonds. The first kappa shape index (κ1) is 29.8. The first-order valence-corrected chi connectivity index (χ1v) is 17.5. The highest BCUT2D eigenvalue weighted by Crippen LogP contribution is 2.38. The van der Waals surface area contributed by atoms with Crippen molar-refractivity contribution in [3.05, 3.63) is 182 Å². The Morgan fingerprint density at radius 2 is 0.865 bits per heavy atom. The van der Waals surface area contributed by atoms with Gasteiger partial charge in [0, 0.05) is 44.0 Å². The van der Waals surface area contributed by atoms with Crippen LogP contribution in [0.4, 0.5) is 0 Å². The highest BCUT2D eigenvalue weighted by atomic mass is 14.9. The van der Waals surface area contributed by atoms with Crippen LogP contribution in [-0.2, 0) is 0 Å². The summed E-state index contributed by atoms with van der Waals surface area (Å²) in [7, 11) is 0. The highest BCUT2D eigenvalue weighted by Gasteiger charge is 2.16. The van der Waals surface area contributed by atoms with Crippen LogP contribution in [0.15, 0.2) is 182 Å². The zero-order valence-electron chi connectivity index (χ0n) is 28.1. The fraction of sp³-hybridized carbons (Fsp3) is 0. The molecule has 10 aromatic rings. The van der Waals surface area contributed by atoms with Crippen molar-refractivity contribution >= 4 is 43.5 Å². The van der Waals surface area contributed by atoms with Gasteiger partial charge in [0.05, 0.1) is 33.6 Å². The van der Waals surface area contributed by atoms with Crippen molar-refractivity contribution in [1.82, 2.24) is 19.9 Å². The Balaban J connectivity index is 1.16. The number of rotatable bonds is 5. The molecule has 3 heterocycles. The molecule has 7 aromatic carbocycles. The second kappa shape index (κ2) is 12.4. The Labute approximate surface area is 300 Å². The number of hydrogen-bond donors (Lipinski definition) is 0. The summed E-state index contributed by atoms with van der Waals surface area (Å²) in [5.41, 5.74) is 11.8. The third kappa shape index (κ3) is 5.17. The number of nitrogens with zero attached hydrogens (tertiary/aromatic N) is 4. The van der Waals surface area contributed by atoms with Gasteiger partial charge in [-0.15, -0.1) is 0 Å². The highest BCUT2D eigenvalue weighted by molar-refractivity contribution is 6.07. The molecule has 0 N–H and O–H groups in total. The zero-order valence-corrected chi connectivity index (χ0v) is 28.1. The molecule has 0 aliphatic carbocycles. The second-order valence-corrected chi connectivity index (χ2v) is 13.0. The summed E-state index contributed by atoms with van der Waals surface area (Å²) in [5, 5.41) is 5.42. The van der Waals surface area contributed by atoms with E-state index in [9.17, 15) is 0 Å². The smallest absolute Gasteiger partial charge is 0.160 e. The lowest BCUT2D eigenvalue weighted by Crippen LogP contribution is -1.97. The Hall–Kier alpha value is -7.04. The third-order valence-corrected chi connectivity index (χ3v) is 9.86. The lowest BCUT2D eigenvalue weighted by Gasteiger charge is -2.14. The minimum Gasteiger partial charge on any atom is -0.245 e. The zero-order chi connectivity index (χ0) is 34.4. The van der Waals surface area contributed by atoms with Crippen LogP contribution in [0.5, 0.6) is 0 Å². The topological polar surface area (TPSA) is 51.6 Å². The summed E-state index contributed by atoms with van der Waals surface area (Å²) in [6.45, 7) is 0. The summed E-state index contributed by atoms with van der Waals surface area (Å²) < 4.78 is 0. The third-order valence-electron chi connectivity index (χ3n) is 9.86. The van der Waals surface area contributed by atoms with Crippen molar-refractivity contribution in [2.24, 2.45) is 0 Å². The van der Waals surface area contributed by atoms with Crippen LogP contribution in [0.1, 0.15) is 0 Å². The van der Waals surface area contributed by atoms with Crippen molar-refractivity contribution in [2.45, 2.75) is 0 Å². The SMILES string of the molecule is c1ccc(-c2ccc3ccc4ccc(-c5cccc6ccc(-c7cccc8c(-c9ccccc9)nc(-c9ccccc9)nc78)cc56)nc4c3n2)cc1. The molecule has 0 aliphatic rings. The van der Waals surface area contributed by atoms with E-state index in [4.69, 9.17) is 19.9 Å². The van der Waals surface area contributed by atoms with Crippen LogP contribution in [0.3, 0.4) is 0 Å². The fourth-order valence-corrected chi connectivity index (χ4v) is 7.27. The van der Waals surface area contributed by atoms with Gasteiger partial charge in [-0.2, -0.15) is 0 Å². The van der Waals surface area contributed by atoms with E-state index < -0.39 is 0 Å². The van der Waals surface area contributed by atoms with Gasteiger partial charge in [0.2, 0.25) is 0 Å². The minimum atomic E-state index is 0.706. The number of aromatic nitrogens is 4. The maximum absolute atomic E-state index is 5.32. The van der Waals surface area contributed by atoms with E-state index in [0.717, 1.165) is 93.9 Å². The molecular formula is C48H30N4. The van der Waals surface area contributed by atoms with E-state index in [1.807, 2.05) is 42.5 Å². The van der Waals surface area contributed by atoms with Gasteiger partial charge >= 0.3 is 0 Å². The van der Waals surface area contributed by atoms with Crippen LogP contribution < -0.4 is 0 Å². The molecule has 242 valence electrons. The van der Waals surface area contributed by atoms with E-state index in [2.05, 4.69) is 140 Å². The summed E-state index contributed by atoms with van der Waals surface area (Å²) in [5.74, 6) is 0.706. The summed E-state index contributed by atoms with van der Waals surface area (Å²) in [4.78, 5) is 20.8. The van der Waals surface area contributed by atoms with Crippen LogP contribution >= 0.6 is 0 Å². The summed E-state index contributed by atoms with van der Waals surface area (Å²) >= 11 is 0. The standard InChI is InChI=1S/C48H30N4/c1-4-12-32(13-5-1)42-28-26-34-23-24-35-27-29-43(50-46(35)45(34)49-42)39-20-10-18-31-22-25-37(30-41(31)39)38-19-11-21-40-44(33-14-6-2-7-15-33)51-48(52-47(38)40)36-16-8-3-9-17-36/h1-30H. The van der Waals surface area contributed by atoms with Gasteiger partial charge in [-0.25, -0.2) is 19.9 Å². The molecule has 0 saturated carbocycles. The van der Waals surface area contributed by atoms with Gasteiger partial charge < -0.3 is 0 Å². The Morgan fingerprint density at radius 1 is 0.288 bits per heavy atom. The van der Waals surface area contributed by atoms with E-state index >= 15 is 0 Å². The van der Waals surface area contributed by atoms with Gasteiger partial charge in [-0.05, 0) is 34.5 Å². The molecule has 0 unspecified atom stereocenters. The molecule has 0 aliphatic heterocycles. The minimum absolute atomic E-state index is 0.706. The van der Waals surface area contributed by atoms with Crippen molar-refractivity contribution in [3.63, 3.8) is 0 Å². The molecular weight excluding hydrogens is 633 g/mol. The average Bonchev–Trinajstić information content (AvgIpc) is 3.23. The molecule has 0 atom stereocenters. The molecule has 3 aromatic heterocycles. The van der Waals surface area contributed by atoms with Gasteiger partial charge in [-0.1, -0.05) is 164 Å². The van der Waals surface area contributed by atoms with Gasteiger partial charge in [-0.3, -0.25) is 0 Å². The Kier molecular flexibility index (Phi) is 7.10. The van der Waals surface area contributed by atoms with Crippen LogP contribution in [0.25, 0.3) is 99.8 Å². The molecule has 10 rings (SSSR count). The average molecular weight is 663 g/mol. The predicted molar refractivity (Wildman–Crippen MR) is 215 cm³/mol. The lowest BCUT2D eigenvalue weighted by molar-refractivity contribution is 1.23. The van der Waals surface area contributed by atoms with Crippen LogP contribution in [0, 0.1) is 0 Å². The van der Waals surface area contributed by atoms with E-state index in [1.54, 1.807) is 0 Å². The van der Waals surface area contributed by atoms with Crippen molar-refractivity contribution in [1.29, 1.82) is 0 Å². The number of para-hydroxylation sites is 1. The Bertz CT molecular complexity index is 2940. The quantitative estimate of drug-likeness (QED) is 0.172. The molecule has 0 spiro atoms. The molecule has 0 fully saturated rings. The van der Waals surface area contributed by atoms with Crippen molar-refractivity contribution in [3.8, 4) is 56.3 Å². The number of pyridine rings is 2. The number of hydrogen-bond acceptors (Lipinski definition) is 4. The molecule has 0 saturated heterocycles. The van der Waals surface area contributed by atoms with E-state index in [1.165, 1.54) is 0 Å². The van der Waals surface area contributed by atoms with Crippen molar-refractivity contribution in [2.75, 3.05) is 0 Å². The normalized spacial score (nSPS) is 11.5. The van der Waals surface area contributed by atoms with E-state index in [-0.39, 0.29) is 0 Å².